The Kier molecular flexibility index (Phi) is 4.80. The first-order valence-electron chi connectivity index (χ1n) is 11.0. The number of hydrogen-bond acceptors (Lipinski definition) is 5. The van der Waals surface area contributed by atoms with Crippen LogP contribution < -0.4 is 0 Å². The van der Waals surface area contributed by atoms with E-state index >= 15 is 0 Å². The molecule has 4 heterocycles. The maximum Gasteiger partial charge on any atom is 0.225 e. The molecular formula is C20H30N6O2. The van der Waals surface area contributed by atoms with E-state index in [-0.39, 0.29) is 5.92 Å². The average Bonchev–Trinajstić information content (AvgIpc) is 3.22. The molecule has 1 aliphatic carbocycles. The van der Waals surface area contributed by atoms with Crippen LogP contribution in [-0.4, -0.2) is 67.5 Å². The number of fused-ring (bicyclic) bond motifs is 4. The Balaban J connectivity index is 1.17. The van der Waals surface area contributed by atoms with Crippen LogP contribution in [0.15, 0.2) is 6.33 Å². The highest BCUT2D eigenvalue weighted by Crippen LogP contribution is 2.39. The molecule has 3 aliphatic heterocycles. The van der Waals surface area contributed by atoms with Gasteiger partial charge in [-0.3, -0.25) is 9.59 Å². The highest BCUT2D eigenvalue weighted by atomic mass is 16.2. The number of carbonyl (C=O) groups is 2. The largest absolute Gasteiger partial charge is 0.342 e. The lowest BCUT2D eigenvalue weighted by Crippen LogP contribution is -2.61. The van der Waals surface area contributed by atoms with Crippen molar-refractivity contribution in [3.8, 4) is 0 Å². The minimum Gasteiger partial charge on any atom is -0.342 e. The van der Waals surface area contributed by atoms with E-state index in [0.717, 1.165) is 64.7 Å². The summed E-state index contributed by atoms with van der Waals surface area (Å²) in [5, 5.41) is 11.4. The Morgan fingerprint density at radius 1 is 1.11 bits per heavy atom. The summed E-state index contributed by atoms with van der Waals surface area (Å²) in [4.78, 5) is 29.8. The summed E-state index contributed by atoms with van der Waals surface area (Å²) < 4.78 is 1.80. The summed E-state index contributed by atoms with van der Waals surface area (Å²) in [5.74, 6) is 2.40. The smallest absolute Gasteiger partial charge is 0.225 e. The maximum atomic E-state index is 13.2. The number of piperidine rings is 3. The molecule has 0 unspecified atom stereocenters. The van der Waals surface area contributed by atoms with Crippen molar-refractivity contribution in [3.05, 3.63) is 6.33 Å². The van der Waals surface area contributed by atoms with Gasteiger partial charge in [0, 0.05) is 44.6 Å². The van der Waals surface area contributed by atoms with E-state index in [2.05, 4.69) is 25.3 Å². The summed E-state index contributed by atoms with van der Waals surface area (Å²) in [7, 11) is 0. The number of aromatic nitrogens is 4. The molecule has 152 valence electrons. The number of carbonyl (C=O) groups excluding carboxylic acids is 2. The topological polar surface area (TPSA) is 84.2 Å². The molecule has 1 aromatic heterocycles. The van der Waals surface area contributed by atoms with Crippen LogP contribution in [0.4, 0.5) is 0 Å². The molecule has 3 saturated heterocycles. The van der Waals surface area contributed by atoms with Crippen molar-refractivity contribution < 1.29 is 9.59 Å². The second-order valence-electron chi connectivity index (χ2n) is 9.36. The van der Waals surface area contributed by atoms with E-state index in [1.165, 1.54) is 6.42 Å². The van der Waals surface area contributed by atoms with E-state index < -0.39 is 0 Å². The van der Waals surface area contributed by atoms with E-state index in [1.807, 2.05) is 0 Å². The van der Waals surface area contributed by atoms with Crippen LogP contribution in [0.2, 0.25) is 0 Å². The van der Waals surface area contributed by atoms with Gasteiger partial charge >= 0.3 is 0 Å². The quantitative estimate of drug-likeness (QED) is 0.783. The zero-order chi connectivity index (χ0) is 19.1. The predicted octanol–water partition coefficient (Wildman–Crippen LogP) is 1.34. The highest BCUT2D eigenvalue weighted by molar-refractivity contribution is 5.79. The molecule has 0 spiro atoms. The molecule has 0 aromatic carbocycles. The third kappa shape index (κ3) is 3.42. The van der Waals surface area contributed by atoms with Gasteiger partial charge in [-0.15, -0.1) is 5.10 Å². The van der Waals surface area contributed by atoms with Gasteiger partial charge in [0.2, 0.25) is 11.8 Å². The normalized spacial score (nSPS) is 35.6. The number of likely N-dealkylation sites (tertiary alicyclic amines) is 1. The fourth-order valence-corrected chi connectivity index (χ4v) is 6.17. The molecule has 0 radical (unpaired) electrons. The van der Waals surface area contributed by atoms with E-state index in [9.17, 15) is 9.59 Å². The van der Waals surface area contributed by atoms with E-state index in [0.29, 0.717) is 42.0 Å². The number of rotatable bonds is 3. The van der Waals surface area contributed by atoms with Crippen LogP contribution in [0.25, 0.3) is 0 Å². The predicted molar refractivity (Wildman–Crippen MR) is 101 cm³/mol. The first-order valence-corrected chi connectivity index (χ1v) is 11.0. The zero-order valence-corrected chi connectivity index (χ0v) is 16.4. The summed E-state index contributed by atoms with van der Waals surface area (Å²) >= 11 is 0. The van der Waals surface area contributed by atoms with Crippen LogP contribution in [0.1, 0.15) is 51.4 Å². The zero-order valence-electron chi connectivity index (χ0n) is 16.4. The summed E-state index contributed by atoms with van der Waals surface area (Å²) in [6.45, 7) is 3.42. The molecule has 3 atom stereocenters. The molecule has 0 N–H and O–H groups in total. The van der Waals surface area contributed by atoms with E-state index in [4.69, 9.17) is 0 Å². The maximum absolute atomic E-state index is 13.2. The fraction of sp³-hybridized carbons (Fsp3) is 0.850. The van der Waals surface area contributed by atoms with Crippen molar-refractivity contribution in [2.45, 2.75) is 64.0 Å². The van der Waals surface area contributed by atoms with Crippen LogP contribution in [0.3, 0.4) is 0 Å². The summed E-state index contributed by atoms with van der Waals surface area (Å²) in [5.41, 5.74) is 0. The number of hydrogen-bond donors (Lipinski definition) is 0. The Morgan fingerprint density at radius 2 is 1.96 bits per heavy atom. The van der Waals surface area contributed by atoms with Crippen molar-refractivity contribution in [2.24, 2.45) is 23.7 Å². The van der Waals surface area contributed by atoms with Gasteiger partial charge in [0.05, 0.1) is 0 Å². The molecule has 4 aliphatic rings. The lowest BCUT2D eigenvalue weighted by atomic mass is 9.75. The Morgan fingerprint density at radius 3 is 2.75 bits per heavy atom. The first kappa shape index (κ1) is 18.1. The monoisotopic (exact) mass is 386 g/mol. The van der Waals surface area contributed by atoms with Gasteiger partial charge in [-0.1, -0.05) is 0 Å². The summed E-state index contributed by atoms with van der Waals surface area (Å²) in [6, 6.07) is 0.375. The van der Waals surface area contributed by atoms with Gasteiger partial charge < -0.3 is 9.80 Å². The Bertz CT molecular complexity index is 714. The van der Waals surface area contributed by atoms with Crippen LogP contribution >= 0.6 is 0 Å². The van der Waals surface area contributed by atoms with Crippen LogP contribution in [0.5, 0.6) is 0 Å². The molecule has 1 saturated carbocycles. The van der Waals surface area contributed by atoms with Crippen molar-refractivity contribution in [1.82, 2.24) is 30.0 Å². The molecule has 5 rings (SSSR count). The van der Waals surface area contributed by atoms with E-state index in [1.54, 1.807) is 11.0 Å². The van der Waals surface area contributed by atoms with Gasteiger partial charge in [-0.25, -0.2) is 4.68 Å². The molecule has 8 nitrogen and oxygen atoms in total. The Labute approximate surface area is 165 Å². The highest BCUT2D eigenvalue weighted by Gasteiger charge is 2.45. The molecule has 8 heteroatoms. The molecule has 28 heavy (non-hydrogen) atoms. The van der Waals surface area contributed by atoms with Crippen molar-refractivity contribution >= 4 is 11.8 Å². The van der Waals surface area contributed by atoms with Crippen molar-refractivity contribution in [1.29, 1.82) is 0 Å². The second kappa shape index (κ2) is 7.44. The van der Waals surface area contributed by atoms with Crippen molar-refractivity contribution in [3.63, 3.8) is 0 Å². The van der Waals surface area contributed by atoms with Gasteiger partial charge in [-0.2, -0.15) is 0 Å². The standard InChI is InChI=1S/C20H30N6O2/c27-19-3-1-2-18-17-8-15(11-26(18)19)9-24(12-17)20(28)16-6-4-14(5-7-16)10-25-13-21-22-23-25/h13-18H,1-12H2/t14?,15-,16?,17+,18+/m1/s1. The van der Waals surface area contributed by atoms with Gasteiger partial charge in [-0.05, 0) is 73.1 Å². The third-order valence-corrected chi connectivity index (χ3v) is 7.52. The van der Waals surface area contributed by atoms with Crippen LogP contribution in [0, 0.1) is 23.7 Å². The lowest BCUT2D eigenvalue weighted by Gasteiger charge is -2.52. The molecule has 4 fully saturated rings. The van der Waals surface area contributed by atoms with Gasteiger partial charge in [0.1, 0.15) is 6.33 Å². The fourth-order valence-electron chi connectivity index (χ4n) is 6.17. The number of tetrazole rings is 1. The SMILES string of the molecule is O=C(C1CCC(Cn2cnnn2)CC1)N1C[C@H]2C[C@@H](C1)[C@@H]1CCCC(=O)N1C2. The third-order valence-electron chi connectivity index (χ3n) is 7.52. The number of amides is 2. The number of nitrogens with zero attached hydrogens (tertiary/aromatic N) is 6. The molecule has 2 bridgehead atoms. The lowest BCUT2D eigenvalue weighted by molar-refractivity contribution is -0.151. The second-order valence-corrected chi connectivity index (χ2v) is 9.36. The molecular weight excluding hydrogens is 356 g/mol. The van der Waals surface area contributed by atoms with Gasteiger partial charge in [0.25, 0.3) is 0 Å². The first-order chi connectivity index (χ1) is 13.7. The minimum absolute atomic E-state index is 0.174. The van der Waals surface area contributed by atoms with Gasteiger partial charge in [0.15, 0.2) is 0 Å². The minimum atomic E-state index is 0.174. The Hall–Kier alpha value is -1.99. The molecule has 1 aromatic rings. The van der Waals surface area contributed by atoms with Crippen molar-refractivity contribution in [2.75, 3.05) is 19.6 Å². The molecule has 2 amide bonds. The summed E-state index contributed by atoms with van der Waals surface area (Å²) in [6.07, 6.45) is 9.81. The van der Waals surface area contributed by atoms with Crippen LogP contribution in [-0.2, 0) is 16.1 Å². The average molecular weight is 387 g/mol.